The highest BCUT2D eigenvalue weighted by Crippen LogP contribution is 2.18. The maximum absolute atomic E-state index is 12.0. The molecule has 2 heterocycles. The number of rotatable bonds is 6. The molecule has 2 amide bonds. The van der Waals surface area contributed by atoms with Crippen molar-refractivity contribution in [2.45, 2.75) is 26.3 Å². The second-order valence-electron chi connectivity index (χ2n) is 6.30. The molecule has 1 aliphatic rings. The van der Waals surface area contributed by atoms with Crippen LogP contribution in [0.15, 0.2) is 36.4 Å². The van der Waals surface area contributed by atoms with Crippen LogP contribution < -0.4 is 15.5 Å². The molecule has 136 valence electrons. The fraction of sp³-hybridized carbons (Fsp3) is 0.368. The van der Waals surface area contributed by atoms with Gasteiger partial charge in [0.05, 0.1) is 13.1 Å². The van der Waals surface area contributed by atoms with Crippen molar-refractivity contribution in [3.63, 3.8) is 0 Å². The summed E-state index contributed by atoms with van der Waals surface area (Å²) in [5, 5.41) is 5.36. The molecule has 7 nitrogen and oxygen atoms in total. The van der Waals surface area contributed by atoms with Crippen LogP contribution >= 0.6 is 0 Å². The minimum absolute atomic E-state index is 0.0848. The van der Waals surface area contributed by atoms with Gasteiger partial charge in [-0.2, -0.15) is 0 Å². The first-order chi connectivity index (χ1) is 12.6. The van der Waals surface area contributed by atoms with Gasteiger partial charge in [-0.1, -0.05) is 18.2 Å². The van der Waals surface area contributed by atoms with Gasteiger partial charge in [0, 0.05) is 30.4 Å². The summed E-state index contributed by atoms with van der Waals surface area (Å²) < 4.78 is 0. The normalized spacial score (nSPS) is 13.5. The van der Waals surface area contributed by atoms with Crippen molar-refractivity contribution in [3.05, 3.63) is 53.5 Å². The Hall–Kier alpha value is -2.96. The lowest BCUT2D eigenvalue weighted by molar-refractivity contribution is -0.120. The van der Waals surface area contributed by atoms with E-state index in [1.165, 1.54) is 12.8 Å². The van der Waals surface area contributed by atoms with Crippen molar-refractivity contribution >= 4 is 17.6 Å². The molecule has 2 aromatic rings. The topological polar surface area (TPSA) is 87.2 Å². The zero-order chi connectivity index (χ0) is 18.4. The second kappa shape index (κ2) is 8.42. The predicted molar refractivity (Wildman–Crippen MR) is 98.8 cm³/mol. The molecule has 0 saturated carbocycles. The summed E-state index contributed by atoms with van der Waals surface area (Å²) in [5.74, 6) is 0.942. The van der Waals surface area contributed by atoms with E-state index in [1.807, 2.05) is 19.1 Å². The van der Waals surface area contributed by atoms with E-state index >= 15 is 0 Å². The van der Waals surface area contributed by atoms with Gasteiger partial charge in [-0.15, -0.1) is 0 Å². The largest absolute Gasteiger partial charge is 0.357 e. The molecule has 3 rings (SSSR count). The van der Waals surface area contributed by atoms with Gasteiger partial charge < -0.3 is 15.5 Å². The molecular weight excluding hydrogens is 330 g/mol. The third-order valence-electron chi connectivity index (χ3n) is 4.21. The summed E-state index contributed by atoms with van der Waals surface area (Å²) in [6, 6.07) is 10.8. The molecule has 1 aromatic heterocycles. The minimum Gasteiger partial charge on any atom is -0.357 e. The molecule has 1 aromatic carbocycles. The Bertz CT molecular complexity index is 773. The molecule has 0 spiro atoms. The molecule has 1 aliphatic heterocycles. The van der Waals surface area contributed by atoms with Gasteiger partial charge in [-0.25, -0.2) is 9.97 Å². The number of anilines is 1. The minimum atomic E-state index is -0.276. The van der Waals surface area contributed by atoms with Gasteiger partial charge in [-0.3, -0.25) is 9.59 Å². The number of nitrogens with one attached hydrogen (secondary N) is 2. The Kier molecular flexibility index (Phi) is 5.78. The van der Waals surface area contributed by atoms with Gasteiger partial charge in [0.1, 0.15) is 11.6 Å². The first-order valence-electron chi connectivity index (χ1n) is 8.81. The van der Waals surface area contributed by atoms with Crippen molar-refractivity contribution in [3.8, 4) is 0 Å². The Morgan fingerprint density at radius 1 is 1.08 bits per heavy atom. The molecule has 0 aliphatic carbocycles. The van der Waals surface area contributed by atoms with Gasteiger partial charge in [0.2, 0.25) is 5.91 Å². The average Bonchev–Trinajstić information content (AvgIpc) is 3.19. The number of aryl methyl sites for hydroxylation is 1. The first-order valence-corrected chi connectivity index (χ1v) is 8.81. The molecule has 2 N–H and O–H groups in total. The zero-order valence-electron chi connectivity index (χ0n) is 14.9. The van der Waals surface area contributed by atoms with Crippen LogP contribution in [0.4, 0.5) is 5.82 Å². The summed E-state index contributed by atoms with van der Waals surface area (Å²) in [7, 11) is 0. The van der Waals surface area contributed by atoms with Crippen LogP contribution in [0.25, 0.3) is 0 Å². The maximum Gasteiger partial charge on any atom is 0.251 e. The summed E-state index contributed by atoms with van der Waals surface area (Å²) in [6.45, 7) is 4.09. The monoisotopic (exact) mass is 353 g/mol. The predicted octanol–water partition coefficient (Wildman–Crippen LogP) is 1.43. The number of nitrogens with zero attached hydrogens (tertiary/aromatic N) is 3. The van der Waals surface area contributed by atoms with Crippen LogP contribution in [0.3, 0.4) is 0 Å². The van der Waals surface area contributed by atoms with E-state index in [0.29, 0.717) is 11.4 Å². The van der Waals surface area contributed by atoms with Crippen LogP contribution in [-0.4, -0.2) is 41.4 Å². The number of carbonyl (C=O) groups excluding carboxylic acids is 2. The van der Waals surface area contributed by atoms with Crippen LogP contribution in [-0.2, 0) is 11.3 Å². The highest BCUT2D eigenvalue weighted by molar-refractivity contribution is 5.96. The lowest BCUT2D eigenvalue weighted by Crippen LogP contribution is -2.37. The van der Waals surface area contributed by atoms with E-state index in [9.17, 15) is 9.59 Å². The SMILES string of the molecule is Cc1cc(N2CCCC2)nc(CNC(=O)CNC(=O)c2ccccc2)n1. The summed E-state index contributed by atoms with van der Waals surface area (Å²) in [5.41, 5.74) is 1.40. The molecule has 0 radical (unpaired) electrons. The van der Waals surface area contributed by atoms with Crippen molar-refractivity contribution in [2.75, 3.05) is 24.5 Å². The van der Waals surface area contributed by atoms with Crippen LogP contribution in [0, 0.1) is 6.92 Å². The molecule has 26 heavy (non-hydrogen) atoms. The first kappa shape index (κ1) is 17.8. The maximum atomic E-state index is 12.0. The molecule has 1 saturated heterocycles. The fourth-order valence-electron chi connectivity index (χ4n) is 2.89. The number of aromatic nitrogens is 2. The third-order valence-corrected chi connectivity index (χ3v) is 4.21. The van der Waals surface area contributed by atoms with E-state index in [-0.39, 0.29) is 24.9 Å². The second-order valence-corrected chi connectivity index (χ2v) is 6.30. The fourth-order valence-corrected chi connectivity index (χ4v) is 2.89. The van der Waals surface area contributed by atoms with Crippen molar-refractivity contribution in [1.82, 2.24) is 20.6 Å². The number of hydrogen-bond acceptors (Lipinski definition) is 5. The van der Waals surface area contributed by atoms with E-state index in [4.69, 9.17) is 0 Å². The standard InChI is InChI=1S/C19H23N5O2/c1-14-11-17(24-9-5-6-10-24)23-16(22-14)12-20-18(25)13-21-19(26)15-7-3-2-4-8-15/h2-4,7-8,11H,5-6,9-10,12-13H2,1H3,(H,20,25)(H,21,26). The van der Waals surface area contributed by atoms with Crippen molar-refractivity contribution < 1.29 is 9.59 Å². The third kappa shape index (κ3) is 4.78. The van der Waals surface area contributed by atoms with Crippen molar-refractivity contribution in [2.24, 2.45) is 0 Å². The van der Waals surface area contributed by atoms with Gasteiger partial charge in [0.15, 0.2) is 0 Å². The molecular formula is C19H23N5O2. The quantitative estimate of drug-likeness (QED) is 0.820. The van der Waals surface area contributed by atoms with E-state index < -0.39 is 0 Å². The number of amides is 2. The summed E-state index contributed by atoms with van der Waals surface area (Å²) in [6.07, 6.45) is 2.35. The van der Waals surface area contributed by atoms with Crippen LogP contribution in [0.1, 0.15) is 34.7 Å². The molecule has 0 atom stereocenters. The Morgan fingerprint density at radius 2 is 1.81 bits per heavy atom. The number of benzene rings is 1. The molecule has 7 heteroatoms. The Morgan fingerprint density at radius 3 is 2.54 bits per heavy atom. The Balaban J connectivity index is 1.50. The van der Waals surface area contributed by atoms with Gasteiger partial charge in [-0.05, 0) is 31.9 Å². The Labute approximate surface area is 152 Å². The number of carbonyl (C=O) groups is 2. The average molecular weight is 353 g/mol. The van der Waals surface area contributed by atoms with E-state index in [0.717, 1.165) is 24.6 Å². The summed E-state index contributed by atoms with van der Waals surface area (Å²) >= 11 is 0. The van der Waals surface area contributed by atoms with E-state index in [2.05, 4.69) is 25.5 Å². The molecule has 0 unspecified atom stereocenters. The highest BCUT2D eigenvalue weighted by Gasteiger charge is 2.15. The van der Waals surface area contributed by atoms with Crippen LogP contribution in [0.5, 0.6) is 0 Å². The lowest BCUT2D eigenvalue weighted by atomic mass is 10.2. The van der Waals surface area contributed by atoms with Gasteiger partial charge in [0.25, 0.3) is 5.91 Å². The zero-order valence-corrected chi connectivity index (χ0v) is 14.9. The van der Waals surface area contributed by atoms with E-state index in [1.54, 1.807) is 24.3 Å². The highest BCUT2D eigenvalue weighted by atomic mass is 16.2. The van der Waals surface area contributed by atoms with Gasteiger partial charge >= 0.3 is 0 Å². The summed E-state index contributed by atoms with van der Waals surface area (Å²) in [4.78, 5) is 35.1. The molecule has 0 bridgehead atoms. The number of hydrogen-bond donors (Lipinski definition) is 2. The van der Waals surface area contributed by atoms with Crippen LogP contribution in [0.2, 0.25) is 0 Å². The lowest BCUT2D eigenvalue weighted by Gasteiger charge is -2.17. The van der Waals surface area contributed by atoms with Crippen molar-refractivity contribution in [1.29, 1.82) is 0 Å². The molecule has 1 fully saturated rings. The smallest absolute Gasteiger partial charge is 0.251 e.